The molecule has 0 fully saturated rings. The Morgan fingerprint density at radius 3 is 2.81 bits per heavy atom. The van der Waals surface area contributed by atoms with E-state index in [9.17, 15) is 0 Å². The van der Waals surface area contributed by atoms with Crippen molar-refractivity contribution in [2.75, 3.05) is 25.6 Å². The SMILES string of the molecule is COCCCCCNc1cc(C)nc(Cl)n1. The van der Waals surface area contributed by atoms with Crippen LogP contribution >= 0.6 is 11.6 Å². The van der Waals surface area contributed by atoms with Gasteiger partial charge in [0.2, 0.25) is 5.28 Å². The van der Waals surface area contributed by atoms with Crippen LogP contribution in [0.15, 0.2) is 6.07 Å². The standard InChI is InChI=1S/C11H18ClN3O/c1-9-8-10(15-11(12)14-9)13-6-4-3-5-7-16-2/h8H,3-7H2,1-2H3,(H,13,14,15). The Labute approximate surface area is 101 Å². The third kappa shape index (κ3) is 5.28. The van der Waals surface area contributed by atoms with E-state index in [-0.39, 0.29) is 0 Å². The molecule has 1 rings (SSSR count). The van der Waals surface area contributed by atoms with Crippen LogP contribution < -0.4 is 5.32 Å². The number of anilines is 1. The zero-order valence-electron chi connectivity index (χ0n) is 9.79. The number of nitrogens with zero attached hydrogens (tertiary/aromatic N) is 2. The fourth-order valence-corrected chi connectivity index (χ4v) is 1.61. The number of hydrogen-bond donors (Lipinski definition) is 1. The Morgan fingerprint density at radius 2 is 2.12 bits per heavy atom. The first kappa shape index (κ1) is 13.2. The van der Waals surface area contributed by atoms with E-state index in [0.29, 0.717) is 5.28 Å². The van der Waals surface area contributed by atoms with Gasteiger partial charge in [-0.25, -0.2) is 9.97 Å². The van der Waals surface area contributed by atoms with Gasteiger partial charge in [-0.1, -0.05) is 0 Å². The molecule has 1 aromatic heterocycles. The maximum absolute atomic E-state index is 5.75. The second-order valence-corrected chi connectivity index (χ2v) is 3.98. The molecule has 0 amide bonds. The quantitative estimate of drug-likeness (QED) is 0.591. The second kappa shape index (κ2) is 7.41. The molecule has 0 saturated carbocycles. The number of nitrogens with one attached hydrogen (secondary N) is 1. The lowest BCUT2D eigenvalue weighted by molar-refractivity contribution is 0.192. The molecule has 1 aromatic rings. The van der Waals surface area contributed by atoms with E-state index in [1.807, 2.05) is 13.0 Å². The molecule has 0 bridgehead atoms. The van der Waals surface area contributed by atoms with Crippen molar-refractivity contribution in [2.45, 2.75) is 26.2 Å². The van der Waals surface area contributed by atoms with E-state index in [1.54, 1.807) is 7.11 Å². The lowest BCUT2D eigenvalue weighted by Gasteiger charge is -2.06. The zero-order valence-corrected chi connectivity index (χ0v) is 10.5. The van der Waals surface area contributed by atoms with Gasteiger partial charge >= 0.3 is 0 Å². The molecule has 16 heavy (non-hydrogen) atoms. The van der Waals surface area contributed by atoms with Gasteiger partial charge in [0.15, 0.2) is 0 Å². The van der Waals surface area contributed by atoms with Crippen molar-refractivity contribution in [3.63, 3.8) is 0 Å². The van der Waals surface area contributed by atoms with Crippen molar-refractivity contribution < 1.29 is 4.74 Å². The maximum atomic E-state index is 5.75. The summed E-state index contributed by atoms with van der Waals surface area (Å²) in [4.78, 5) is 8.09. The molecule has 0 spiro atoms. The molecule has 0 aliphatic rings. The monoisotopic (exact) mass is 243 g/mol. The fourth-order valence-electron chi connectivity index (χ4n) is 1.39. The van der Waals surface area contributed by atoms with Crippen LogP contribution in [0.4, 0.5) is 5.82 Å². The van der Waals surface area contributed by atoms with Crippen LogP contribution in [0.2, 0.25) is 5.28 Å². The molecule has 0 saturated heterocycles. The Hall–Kier alpha value is -0.870. The number of methoxy groups -OCH3 is 1. The Morgan fingerprint density at radius 1 is 1.31 bits per heavy atom. The van der Waals surface area contributed by atoms with Gasteiger partial charge in [0.1, 0.15) is 5.82 Å². The Kier molecular flexibility index (Phi) is 6.11. The zero-order chi connectivity index (χ0) is 11.8. The molecule has 0 aliphatic carbocycles. The van der Waals surface area contributed by atoms with E-state index < -0.39 is 0 Å². The lowest BCUT2D eigenvalue weighted by Crippen LogP contribution is -2.05. The molecular formula is C11H18ClN3O. The summed E-state index contributed by atoms with van der Waals surface area (Å²) in [5, 5.41) is 3.52. The molecule has 4 nitrogen and oxygen atoms in total. The molecule has 0 radical (unpaired) electrons. The minimum absolute atomic E-state index is 0.293. The highest BCUT2D eigenvalue weighted by Crippen LogP contribution is 2.09. The second-order valence-electron chi connectivity index (χ2n) is 3.64. The average Bonchev–Trinajstić information content (AvgIpc) is 2.22. The highest BCUT2D eigenvalue weighted by molar-refractivity contribution is 6.28. The van der Waals surface area contributed by atoms with E-state index in [0.717, 1.165) is 43.9 Å². The van der Waals surface area contributed by atoms with E-state index in [1.165, 1.54) is 0 Å². The van der Waals surface area contributed by atoms with Crippen LogP contribution in [-0.2, 0) is 4.74 Å². The van der Waals surface area contributed by atoms with Gasteiger partial charge < -0.3 is 10.1 Å². The van der Waals surface area contributed by atoms with Crippen LogP contribution in [0, 0.1) is 6.92 Å². The Bertz CT molecular complexity index is 300. The predicted molar refractivity (Wildman–Crippen MR) is 66.0 cm³/mol. The molecule has 0 atom stereocenters. The van der Waals surface area contributed by atoms with E-state index in [2.05, 4.69) is 15.3 Å². The van der Waals surface area contributed by atoms with Crippen molar-refractivity contribution in [2.24, 2.45) is 0 Å². The Balaban J connectivity index is 2.21. The average molecular weight is 244 g/mol. The normalized spacial score (nSPS) is 10.4. The maximum Gasteiger partial charge on any atom is 0.224 e. The van der Waals surface area contributed by atoms with Gasteiger partial charge in [0.25, 0.3) is 0 Å². The van der Waals surface area contributed by atoms with Gasteiger partial charge in [-0.05, 0) is 37.8 Å². The first-order valence-corrected chi connectivity index (χ1v) is 5.84. The first-order chi connectivity index (χ1) is 7.72. The molecule has 1 heterocycles. The van der Waals surface area contributed by atoms with Crippen molar-refractivity contribution in [1.29, 1.82) is 0 Å². The molecule has 0 aliphatic heterocycles. The first-order valence-electron chi connectivity index (χ1n) is 5.46. The summed E-state index contributed by atoms with van der Waals surface area (Å²) in [7, 11) is 1.73. The number of unbranched alkanes of at least 4 members (excludes halogenated alkanes) is 2. The summed E-state index contributed by atoms with van der Waals surface area (Å²) >= 11 is 5.75. The number of hydrogen-bond acceptors (Lipinski definition) is 4. The third-order valence-corrected chi connectivity index (χ3v) is 2.33. The molecular weight excluding hydrogens is 226 g/mol. The number of aromatic nitrogens is 2. The highest BCUT2D eigenvalue weighted by atomic mass is 35.5. The topological polar surface area (TPSA) is 47.0 Å². The summed E-state index contributed by atoms with van der Waals surface area (Å²) in [6.07, 6.45) is 3.35. The van der Waals surface area contributed by atoms with Crippen molar-refractivity contribution in [3.05, 3.63) is 17.0 Å². The molecule has 90 valence electrons. The van der Waals surface area contributed by atoms with Gasteiger partial charge in [-0.15, -0.1) is 0 Å². The predicted octanol–water partition coefficient (Wildman–Crippen LogP) is 2.67. The van der Waals surface area contributed by atoms with Gasteiger partial charge in [0.05, 0.1) is 0 Å². The largest absolute Gasteiger partial charge is 0.385 e. The lowest BCUT2D eigenvalue weighted by atomic mass is 10.2. The number of aryl methyl sites for hydroxylation is 1. The number of halogens is 1. The van der Waals surface area contributed by atoms with Crippen molar-refractivity contribution in [1.82, 2.24) is 9.97 Å². The van der Waals surface area contributed by atoms with Gasteiger partial charge in [0, 0.05) is 32.0 Å². The van der Waals surface area contributed by atoms with E-state index >= 15 is 0 Å². The third-order valence-electron chi connectivity index (χ3n) is 2.16. The summed E-state index contributed by atoms with van der Waals surface area (Å²) in [6.45, 7) is 3.63. The summed E-state index contributed by atoms with van der Waals surface area (Å²) in [5.41, 5.74) is 0.877. The fraction of sp³-hybridized carbons (Fsp3) is 0.636. The van der Waals surface area contributed by atoms with Crippen LogP contribution in [0.5, 0.6) is 0 Å². The molecule has 1 N–H and O–H groups in total. The molecule has 0 aromatic carbocycles. The van der Waals surface area contributed by atoms with E-state index in [4.69, 9.17) is 16.3 Å². The summed E-state index contributed by atoms with van der Waals surface area (Å²) < 4.78 is 4.98. The number of ether oxygens (including phenoxy) is 1. The van der Waals surface area contributed by atoms with Gasteiger partial charge in [-0.3, -0.25) is 0 Å². The molecule has 0 unspecified atom stereocenters. The highest BCUT2D eigenvalue weighted by Gasteiger charge is 1.98. The van der Waals surface area contributed by atoms with Crippen molar-refractivity contribution in [3.8, 4) is 0 Å². The minimum atomic E-state index is 0.293. The number of rotatable bonds is 7. The van der Waals surface area contributed by atoms with Gasteiger partial charge in [-0.2, -0.15) is 0 Å². The van der Waals surface area contributed by atoms with Crippen LogP contribution in [0.1, 0.15) is 25.0 Å². The summed E-state index contributed by atoms with van der Waals surface area (Å²) in [6, 6.07) is 1.89. The minimum Gasteiger partial charge on any atom is -0.385 e. The van der Waals surface area contributed by atoms with Crippen LogP contribution in [0.3, 0.4) is 0 Å². The smallest absolute Gasteiger partial charge is 0.224 e. The summed E-state index contributed by atoms with van der Waals surface area (Å²) in [5.74, 6) is 0.796. The molecule has 5 heteroatoms. The van der Waals surface area contributed by atoms with Crippen molar-refractivity contribution >= 4 is 17.4 Å². The van der Waals surface area contributed by atoms with Crippen LogP contribution in [-0.4, -0.2) is 30.2 Å². The van der Waals surface area contributed by atoms with Crippen LogP contribution in [0.25, 0.3) is 0 Å².